The van der Waals surface area contributed by atoms with E-state index >= 15 is 0 Å². The second-order valence-electron chi connectivity index (χ2n) is 5.61. The number of ether oxygens (including phenoxy) is 1. The Hall–Kier alpha value is -0.219. The lowest BCUT2D eigenvalue weighted by atomic mass is 10.2. The first kappa shape index (κ1) is 19.8. The fourth-order valence-electron chi connectivity index (χ4n) is 1.75. The summed E-state index contributed by atoms with van der Waals surface area (Å²) < 4.78 is 17.5. The molecule has 0 saturated carbocycles. The van der Waals surface area contributed by atoms with Crippen LogP contribution in [0.5, 0.6) is 0 Å². The maximum atomic E-state index is 11.4. The average molecular weight is 337 g/mol. The summed E-state index contributed by atoms with van der Waals surface area (Å²) in [4.78, 5) is 11.4. The van der Waals surface area contributed by atoms with Crippen LogP contribution in [0.25, 0.3) is 0 Å². The van der Waals surface area contributed by atoms with E-state index < -0.39 is 27.4 Å². The third-order valence-corrected chi connectivity index (χ3v) is 10.9. The van der Waals surface area contributed by atoms with E-state index in [-0.39, 0.29) is 8.82 Å². The van der Waals surface area contributed by atoms with Gasteiger partial charge in [0.25, 0.3) is 0 Å². The first-order valence-electron chi connectivity index (χ1n) is 7.41. The normalized spacial score (nSPS) is 13.1. The van der Waals surface area contributed by atoms with Crippen molar-refractivity contribution in [2.45, 2.75) is 58.4 Å². The Morgan fingerprint density at radius 2 is 1.70 bits per heavy atom. The number of carbonyl (C=O) groups is 1. The second kappa shape index (κ2) is 10.5. The SMILES string of the molecule is C=C(C)C(=O)OCCC(CC)[SiH](O[SiH](C)C)O[SiH](C)C.[H+].[H+]. The van der Waals surface area contributed by atoms with Crippen LogP contribution in [0.1, 0.15) is 29.5 Å². The Labute approximate surface area is 131 Å². The standard InChI is InChI=1S/C13H30O4Si3/c1-8-12(9-10-15-13(14)11(2)3)20(16-18(4)5)17-19(6)7/h12,18-20H,2,8-10H2,1,3-7H3/p+2. The smallest absolute Gasteiger partial charge is 0.462 e. The zero-order chi connectivity index (χ0) is 15.7. The molecule has 20 heavy (non-hydrogen) atoms. The molecule has 0 aromatic heterocycles. The van der Waals surface area contributed by atoms with Gasteiger partial charge in [-0.1, -0.05) is 19.9 Å². The molecule has 0 saturated heterocycles. The minimum atomic E-state index is -1.64. The summed E-state index contributed by atoms with van der Waals surface area (Å²) in [5.74, 6) is -0.309. The molecule has 0 spiro atoms. The van der Waals surface area contributed by atoms with Crippen LogP contribution < -0.4 is 0 Å². The van der Waals surface area contributed by atoms with Crippen molar-refractivity contribution in [2.24, 2.45) is 0 Å². The van der Waals surface area contributed by atoms with Crippen LogP contribution in [-0.4, -0.2) is 39.9 Å². The summed E-state index contributed by atoms with van der Waals surface area (Å²) in [6.45, 7) is 16.6. The molecule has 1 unspecified atom stereocenters. The quantitative estimate of drug-likeness (QED) is 0.349. The molecule has 0 radical (unpaired) electrons. The van der Waals surface area contributed by atoms with Gasteiger partial charge < -0.3 is 13.0 Å². The first-order valence-corrected chi connectivity index (χ1v) is 14.6. The molecule has 0 N–H and O–H groups in total. The van der Waals surface area contributed by atoms with Gasteiger partial charge in [-0.15, -0.1) is 0 Å². The van der Waals surface area contributed by atoms with Crippen LogP contribution in [0, 0.1) is 0 Å². The lowest BCUT2D eigenvalue weighted by Crippen LogP contribution is -2.37. The van der Waals surface area contributed by atoms with Gasteiger partial charge in [0.1, 0.15) is 0 Å². The number of carbonyl (C=O) groups excluding carboxylic acids is 1. The molecule has 7 heteroatoms. The zero-order valence-corrected chi connectivity index (χ0v) is 17.2. The molecule has 0 fully saturated rings. The second-order valence-corrected chi connectivity index (χ2v) is 13.7. The Morgan fingerprint density at radius 1 is 1.20 bits per heavy atom. The van der Waals surface area contributed by atoms with Crippen molar-refractivity contribution < 1.29 is 20.6 Å². The molecule has 0 aliphatic heterocycles. The van der Waals surface area contributed by atoms with Gasteiger partial charge in [0, 0.05) is 11.1 Å². The van der Waals surface area contributed by atoms with E-state index in [4.69, 9.17) is 13.0 Å². The van der Waals surface area contributed by atoms with Crippen molar-refractivity contribution in [3.63, 3.8) is 0 Å². The summed E-state index contributed by atoms with van der Waals surface area (Å²) >= 11 is 0. The molecule has 0 aromatic rings. The fourth-order valence-corrected chi connectivity index (χ4v) is 9.45. The van der Waals surface area contributed by atoms with Gasteiger partial charge in [-0.05, 0) is 39.5 Å². The van der Waals surface area contributed by atoms with E-state index in [0.717, 1.165) is 12.8 Å². The van der Waals surface area contributed by atoms with Gasteiger partial charge in [-0.25, -0.2) is 4.79 Å². The van der Waals surface area contributed by atoms with E-state index in [1.807, 2.05) is 0 Å². The lowest BCUT2D eigenvalue weighted by molar-refractivity contribution is -0.139. The summed E-state index contributed by atoms with van der Waals surface area (Å²) in [6.07, 6.45) is 1.85. The third kappa shape index (κ3) is 8.85. The number of rotatable bonds is 10. The first-order chi connectivity index (χ1) is 9.27. The minimum Gasteiger partial charge on any atom is -0.462 e. The van der Waals surface area contributed by atoms with Crippen molar-refractivity contribution >= 4 is 33.3 Å². The molecular weight excluding hydrogens is 304 g/mol. The van der Waals surface area contributed by atoms with Gasteiger partial charge in [-0.2, -0.15) is 0 Å². The van der Waals surface area contributed by atoms with E-state index in [1.54, 1.807) is 6.92 Å². The van der Waals surface area contributed by atoms with Gasteiger partial charge in [0.15, 0.2) is 18.1 Å². The Kier molecular flexibility index (Phi) is 10.4. The van der Waals surface area contributed by atoms with Crippen LogP contribution in [0.2, 0.25) is 31.7 Å². The summed E-state index contributed by atoms with van der Waals surface area (Å²) in [5, 5.41) is 0. The van der Waals surface area contributed by atoms with Gasteiger partial charge in [0.2, 0.25) is 0 Å². The van der Waals surface area contributed by atoms with Crippen molar-refractivity contribution in [2.75, 3.05) is 6.61 Å². The molecule has 0 aromatic carbocycles. The average Bonchev–Trinajstić information content (AvgIpc) is 2.32. The fraction of sp³-hybridized carbons (Fsp3) is 0.769. The number of esters is 1. The zero-order valence-electron chi connectivity index (χ0n) is 15.8. The Balaban J connectivity index is -0.00000180. The third-order valence-electron chi connectivity index (χ3n) is 2.79. The van der Waals surface area contributed by atoms with E-state index in [1.165, 1.54) is 0 Å². The van der Waals surface area contributed by atoms with Gasteiger partial charge in [0.05, 0.1) is 6.61 Å². The van der Waals surface area contributed by atoms with E-state index in [9.17, 15) is 4.79 Å². The lowest BCUT2D eigenvalue weighted by Gasteiger charge is -2.28. The monoisotopic (exact) mass is 336 g/mol. The molecule has 1 atom stereocenters. The Bertz CT molecular complexity index is 308. The molecule has 118 valence electrons. The molecule has 0 aliphatic rings. The van der Waals surface area contributed by atoms with Crippen molar-refractivity contribution in [3.8, 4) is 0 Å². The topological polar surface area (TPSA) is 44.8 Å². The molecule has 0 bridgehead atoms. The van der Waals surface area contributed by atoms with Crippen molar-refractivity contribution in [1.29, 1.82) is 0 Å². The summed E-state index contributed by atoms with van der Waals surface area (Å²) in [6, 6.07) is 0. The summed E-state index contributed by atoms with van der Waals surface area (Å²) in [5.41, 5.74) is 0.862. The highest BCUT2D eigenvalue weighted by Crippen LogP contribution is 2.23. The summed E-state index contributed by atoms with van der Waals surface area (Å²) in [7, 11) is -3.82. The highest BCUT2D eigenvalue weighted by atomic mass is 28.4. The highest BCUT2D eigenvalue weighted by molar-refractivity contribution is 6.68. The maximum absolute atomic E-state index is 11.4. The van der Waals surface area contributed by atoms with E-state index in [0.29, 0.717) is 17.7 Å². The number of hydrogen-bond acceptors (Lipinski definition) is 4. The van der Waals surface area contributed by atoms with Crippen LogP contribution >= 0.6 is 0 Å². The van der Waals surface area contributed by atoms with Crippen LogP contribution in [0.3, 0.4) is 0 Å². The van der Waals surface area contributed by atoms with Crippen LogP contribution in [0.4, 0.5) is 0 Å². The molecule has 0 aliphatic carbocycles. The minimum absolute atomic E-state index is 0. The van der Waals surface area contributed by atoms with Crippen LogP contribution in [0.15, 0.2) is 12.2 Å². The molecule has 4 nitrogen and oxygen atoms in total. The van der Waals surface area contributed by atoms with Crippen molar-refractivity contribution in [3.05, 3.63) is 12.2 Å². The number of hydrogen-bond donors (Lipinski definition) is 0. The predicted molar refractivity (Wildman–Crippen MR) is 93.7 cm³/mol. The van der Waals surface area contributed by atoms with Crippen LogP contribution in [-0.2, 0) is 17.8 Å². The van der Waals surface area contributed by atoms with E-state index in [2.05, 4.69) is 39.7 Å². The van der Waals surface area contributed by atoms with Gasteiger partial charge >= 0.3 is 18.1 Å². The molecule has 0 heterocycles. The molecule has 0 amide bonds. The maximum Gasteiger partial charge on any atom is 1.00 e. The largest absolute Gasteiger partial charge is 1.00 e. The predicted octanol–water partition coefficient (Wildman–Crippen LogP) is 2.72. The Morgan fingerprint density at radius 3 is 2.05 bits per heavy atom. The van der Waals surface area contributed by atoms with Gasteiger partial charge in [-0.3, -0.25) is 0 Å². The van der Waals surface area contributed by atoms with Crippen molar-refractivity contribution in [1.82, 2.24) is 0 Å². The molecular formula is C13H32O4Si3+2. The molecule has 0 rings (SSSR count). The highest BCUT2D eigenvalue weighted by Gasteiger charge is 2.27.